The van der Waals surface area contributed by atoms with Crippen molar-refractivity contribution in [2.75, 3.05) is 4.90 Å². The molecule has 1 N–H and O–H groups in total. The molecular weight excluding hydrogens is 338 g/mol. The molecule has 1 aliphatic carbocycles. The van der Waals surface area contributed by atoms with Gasteiger partial charge in [0.1, 0.15) is 11.7 Å². The lowest BCUT2D eigenvalue weighted by Gasteiger charge is -2.25. The zero-order valence-corrected chi connectivity index (χ0v) is 14.7. The van der Waals surface area contributed by atoms with Gasteiger partial charge in [0.25, 0.3) is 0 Å². The summed E-state index contributed by atoms with van der Waals surface area (Å²) in [5.41, 5.74) is 3.19. The van der Waals surface area contributed by atoms with Crippen LogP contribution in [0.3, 0.4) is 0 Å². The van der Waals surface area contributed by atoms with Crippen molar-refractivity contribution < 1.29 is 14.7 Å². The molecule has 1 aliphatic rings. The Morgan fingerprint density at radius 2 is 1.59 bits per heavy atom. The molecule has 4 heteroatoms. The Kier molecular flexibility index (Phi) is 4.47. The van der Waals surface area contributed by atoms with Crippen LogP contribution in [-0.4, -0.2) is 16.8 Å². The molecule has 4 rings (SSSR count). The van der Waals surface area contributed by atoms with Crippen molar-refractivity contribution in [1.82, 2.24) is 0 Å². The van der Waals surface area contributed by atoms with Crippen LogP contribution < -0.4 is 4.90 Å². The molecule has 1 amide bonds. The third kappa shape index (κ3) is 3.34. The molecule has 1 unspecified atom stereocenters. The highest BCUT2D eigenvalue weighted by Crippen LogP contribution is 2.30. The van der Waals surface area contributed by atoms with Crippen molar-refractivity contribution in [2.45, 2.75) is 13.0 Å². The zero-order chi connectivity index (χ0) is 18.8. The van der Waals surface area contributed by atoms with Crippen LogP contribution in [0.15, 0.2) is 78.9 Å². The lowest BCUT2D eigenvalue weighted by molar-refractivity contribution is -0.121. The molecule has 0 fully saturated rings. The monoisotopic (exact) mass is 357 g/mol. The van der Waals surface area contributed by atoms with E-state index < -0.39 is 5.92 Å². The SMILES string of the molecule is O=C1c2ccccc2CC1C(=O)N(Cc1ccccc1)c1ccc(O)cc1. The minimum atomic E-state index is -0.708. The molecule has 134 valence electrons. The quantitative estimate of drug-likeness (QED) is 0.719. The molecule has 0 aliphatic heterocycles. The summed E-state index contributed by atoms with van der Waals surface area (Å²) in [6.45, 7) is 0.366. The number of benzene rings is 3. The van der Waals surface area contributed by atoms with Crippen LogP contribution in [-0.2, 0) is 17.8 Å². The Balaban J connectivity index is 1.67. The Labute approximate surface area is 157 Å². The summed E-state index contributed by atoms with van der Waals surface area (Å²) >= 11 is 0. The Morgan fingerprint density at radius 3 is 2.30 bits per heavy atom. The van der Waals surface area contributed by atoms with Gasteiger partial charge in [-0.15, -0.1) is 0 Å². The number of phenolic OH excluding ortho intramolecular Hbond substituents is 1. The van der Waals surface area contributed by atoms with E-state index in [0.717, 1.165) is 11.1 Å². The van der Waals surface area contributed by atoms with Crippen LogP contribution in [0.25, 0.3) is 0 Å². The first-order chi connectivity index (χ1) is 13.1. The van der Waals surface area contributed by atoms with E-state index in [1.807, 2.05) is 48.5 Å². The van der Waals surface area contributed by atoms with Crippen molar-refractivity contribution >= 4 is 17.4 Å². The van der Waals surface area contributed by atoms with Crippen molar-refractivity contribution in [1.29, 1.82) is 0 Å². The highest BCUT2D eigenvalue weighted by Gasteiger charge is 2.38. The maximum Gasteiger partial charge on any atom is 0.238 e. The average molecular weight is 357 g/mol. The summed E-state index contributed by atoms with van der Waals surface area (Å²) in [6, 6.07) is 23.6. The van der Waals surface area contributed by atoms with Gasteiger partial charge in [-0.3, -0.25) is 9.59 Å². The number of Topliss-reactive ketones (excluding diaryl/α,β-unsaturated/α-hetero) is 1. The summed E-state index contributed by atoms with van der Waals surface area (Å²) < 4.78 is 0. The summed E-state index contributed by atoms with van der Waals surface area (Å²) in [6.07, 6.45) is 0.428. The number of amides is 1. The topological polar surface area (TPSA) is 57.6 Å². The molecular formula is C23H19NO3. The second-order valence-electron chi connectivity index (χ2n) is 6.70. The minimum absolute atomic E-state index is 0.118. The Hall–Kier alpha value is -3.40. The largest absolute Gasteiger partial charge is 0.508 e. The standard InChI is InChI=1S/C23H19NO3/c25-19-12-10-18(11-13-19)24(15-16-6-2-1-3-7-16)23(27)21-14-17-8-4-5-9-20(17)22(21)26/h1-13,21,25H,14-15H2. The molecule has 0 aromatic heterocycles. The fourth-order valence-electron chi connectivity index (χ4n) is 3.52. The van der Waals surface area contributed by atoms with Gasteiger partial charge in [0.15, 0.2) is 5.78 Å². The van der Waals surface area contributed by atoms with Gasteiger partial charge in [-0.1, -0.05) is 54.6 Å². The molecule has 0 heterocycles. The normalized spacial score (nSPS) is 15.4. The maximum absolute atomic E-state index is 13.4. The molecule has 0 radical (unpaired) electrons. The van der Waals surface area contributed by atoms with E-state index >= 15 is 0 Å². The van der Waals surface area contributed by atoms with Gasteiger partial charge in [-0.25, -0.2) is 0 Å². The van der Waals surface area contributed by atoms with E-state index in [2.05, 4.69) is 0 Å². The molecule has 4 nitrogen and oxygen atoms in total. The first-order valence-electron chi connectivity index (χ1n) is 8.90. The van der Waals surface area contributed by atoms with Crippen LogP contribution in [0.5, 0.6) is 5.75 Å². The molecule has 3 aromatic carbocycles. The molecule has 3 aromatic rings. The minimum Gasteiger partial charge on any atom is -0.508 e. The van der Waals surface area contributed by atoms with E-state index in [1.165, 1.54) is 0 Å². The van der Waals surface area contributed by atoms with E-state index in [9.17, 15) is 14.7 Å². The number of phenols is 1. The van der Waals surface area contributed by atoms with Gasteiger partial charge < -0.3 is 10.0 Å². The summed E-state index contributed by atoms with van der Waals surface area (Å²) in [5.74, 6) is -0.909. The summed E-state index contributed by atoms with van der Waals surface area (Å²) in [5, 5.41) is 9.58. The number of aromatic hydroxyl groups is 1. The number of hydrogen-bond acceptors (Lipinski definition) is 3. The van der Waals surface area contributed by atoms with Crippen LogP contribution in [0, 0.1) is 5.92 Å². The first kappa shape index (κ1) is 17.0. The predicted octanol–water partition coefficient (Wildman–Crippen LogP) is 3.98. The predicted molar refractivity (Wildman–Crippen MR) is 104 cm³/mol. The molecule has 27 heavy (non-hydrogen) atoms. The van der Waals surface area contributed by atoms with Crippen LogP contribution in [0.4, 0.5) is 5.69 Å². The molecule has 1 atom stereocenters. The third-order valence-corrected chi connectivity index (χ3v) is 4.93. The maximum atomic E-state index is 13.4. The lowest BCUT2D eigenvalue weighted by atomic mass is 10.0. The van der Waals surface area contributed by atoms with Crippen molar-refractivity contribution in [3.63, 3.8) is 0 Å². The second kappa shape index (κ2) is 7.08. The fraction of sp³-hybridized carbons (Fsp3) is 0.130. The number of rotatable bonds is 4. The lowest BCUT2D eigenvalue weighted by Crippen LogP contribution is -2.38. The smallest absolute Gasteiger partial charge is 0.238 e. The summed E-state index contributed by atoms with van der Waals surface area (Å²) in [7, 11) is 0. The van der Waals surface area contributed by atoms with Gasteiger partial charge in [-0.2, -0.15) is 0 Å². The Bertz CT molecular complexity index is 980. The highest BCUT2D eigenvalue weighted by molar-refractivity contribution is 6.17. The third-order valence-electron chi connectivity index (χ3n) is 4.93. The van der Waals surface area contributed by atoms with Gasteiger partial charge >= 0.3 is 0 Å². The summed E-state index contributed by atoms with van der Waals surface area (Å²) in [4.78, 5) is 27.8. The van der Waals surface area contributed by atoms with Gasteiger partial charge in [0.2, 0.25) is 5.91 Å². The van der Waals surface area contributed by atoms with Crippen LogP contribution >= 0.6 is 0 Å². The highest BCUT2D eigenvalue weighted by atomic mass is 16.3. The van der Waals surface area contributed by atoms with Crippen LogP contribution in [0.1, 0.15) is 21.5 Å². The van der Waals surface area contributed by atoms with E-state index in [-0.39, 0.29) is 17.4 Å². The number of carbonyl (C=O) groups is 2. The van der Waals surface area contributed by atoms with Gasteiger partial charge in [0, 0.05) is 11.3 Å². The van der Waals surface area contributed by atoms with E-state index in [1.54, 1.807) is 35.2 Å². The molecule has 0 saturated carbocycles. The fourth-order valence-corrected chi connectivity index (χ4v) is 3.52. The van der Waals surface area contributed by atoms with Gasteiger partial charge in [0.05, 0.1) is 6.54 Å². The number of ketones is 1. The Morgan fingerprint density at radius 1 is 0.926 bits per heavy atom. The van der Waals surface area contributed by atoms with E-state index in [4.69, 9.17) is 0 Å². The number of hydrogen-bond donors (Lipinski definition) is 1. The van der Waals surface area contributed by atoms with Gasteiger partial charge in [-0.05, 0) is 41.8 Å². The second-order valence-corrected chi connectivity index (χ2v) is 6.70. The van der Waals surface area contributed by atoms with Crippen molar-refractivity contribution in [3.8, 4) is 5.75 Å². The molecule has 0 bridgehead atoms. The average Bonchev–Trinajstić information content (AvgIpc) is 3.04. The van der Waals surface area contributed by atoms with Crippen molar-refractivity contribution in [2.24, 2.45) is 5.92 Å². The molecule has 0 saturated heterocycles. The number of carbonyl (C=O) groups excluding carboxylic acids is 2. The number of nitrogens with zero attached hydrogens (tertiary/aromatic N) is 1. The van der Waals surface area contributed by atoms with Crippen LogP contribution in [0.2, 0.25) is 0 Å². The van der Waals surface area contributed by atoms with E-state index in [0.29, 0.717) is 24.2 Å². The molecule has 0 spiro atoms. The number of fused-ring (bicyclic) bond motifs is 1. The van der Waals surface area contributed by atoms with Crippen molar-refractivity contribution in [3.05, 3.63) is 95.6 Å². The first-order valence-corrected chi connectivity index (χ1v) is 8.90. The number of anilines is 1. The zero-order valence-electron chi connectivity index (χ0n) is 14.7.